The lowest BCUT2D eigenvalue weighted by molar-refractivity contribution is -0.384. The number of hydrogen-bond donors (Lipinski definition) is 1. The van der Waals surface area contributed by atoms with Crippen LogP contribution in [0.25, 0.3) is 5.69 Å². The van der Waals surface area contributed by atoms with E-state index in [9.17, 15) is 14.9 Å². The predicted octanol–water partition coefficient (Wildman–Crippen LogP) is 4.71. The number of benzene rings is 2. The molecule has 0 aliphatic heterocycles. The predicted molar refractivity (Wildman–Crippen MR) is 126 cm³/mol. The minimum atomic E-state index is -0.414. The molecule has 0 bridgehead atoms. The molecule has 0 atom stereocenters. The van der Waals surface area contributed by atoms with Gasteiger partial charge < -0.3 is 0 Å². The highest BCUT2D eigenvalue weighted by Crippen LogP contribution is 2.27. The number of carbonyl (C=O) groups is 1. The Hall–Kier alpha value is -3.92. The Balaban J connectivity index is 1.53. The number of amides is 1. The first-order chi connectivity index (χ1) is 15.7. The van der Waals surface area contributed by atoms with Gasteiger partial charge in [-0.2, -0.15) is 0 Å². The van der Waals surface area contributed by atoms with Crippen molar-refractivity contribution in [1.82, 2.24) is 20.0 Å². The summed E-state index contributed by atoms with van der Waals surface area (Å²) in [6, 6.07) is 12.5. The zero-order chi connectivity index (χ0) is 23.7. The van der Waals surface area contributed by atoms with Gasteiger partial charge >= 0.3 is 0 Å². The van der Waals surface area contributed by atoms with E-state index in [1.165, 1.54) is 17.4 Å². The van der Waals surface area contributed by atoms with Crippen LogP contribution in [0.15, 0.2) is 42.5 Å². The molecule has 0 fully saturated rings. The van der Waals surface area contributed by atoms with Crippen molar-refractivity contribution in [2.75, 3.05) is 5.32 Å². The highest BCUT2D eigenvalue weighted by Gasteiger charge is 2.20. The molecule has 0 saturated carbocycles. The van der Waals surface area contributed by atoms with Crippen LogP contribution in [0.4, 0.5) is 10.8 Å². The molecule has 1 N–H and O–H groups in total. The number of rotatable bonds is 6. The summed E-state index contributed by atoms with van der Waals surface area (Å²) in [4.78, 5) is 28.9. The number of thiazole rings is 1. The number of non-ortho nitro benzene ring substituents is 1. The molecule has 0 radical (unpaired) electrons. The Labute approximate surface area is 194 Å². The minimum absolute atomic E-state index is 0.0469. The van der Waals surface area contributed by atoms with Crippen molar-refractivity contribution in [1.29, 1.82) is 0 Å². The zero-order valence-corrected chi connectivity index (χ0v) is 19.4. The summed E-state index contributed by atoms with van der Waals surface area (Å²) in [7, 11) is 0. The maximum atomic E-state index is 12.9. The van der Waals surface area contributed by atoms with Crippen LogP contribution in [0.3, 0.4) is 0 Å². The summed E-state index contributed by atoms with van der Waals surface area (Å²) in [6.07, 6.45) is 0.489. The smallest absolute Gasteiger partial charge is 0.279 e. The third-order valence-corrected chi connectivity index (χ3v) is 6.37. The van der Waals surface area contributed by atoms with E-state index in [0.29, 0.717) is 17.2 Å². The van der Waals surface area contributed by atoms with E-state index in [1.807, 2.05) is 45.0 Å². The third-order valence-electron chi connectivity index (χ3n) is 5.30. The molecule has 4 aromatic rings. The van der Waals surface area contributed by atoms with Crippen molar-refractivity contribution in [3.05, 3.63) is 91.2 Å². The van der Waals surface area contributed by atoms with Gasteiger partial charge in [0.25, 0.3) is 11.6 Å². The van der Waals surface area contributed by atoms with E-state index in [-0.39, 0.29) is 17.3 Å². The van der Waals surface area contributed by atoms with E-state index in [1.54, 1.807) is 23.7 Å². The van der Waals surface area contributed by atoms with Crippen LogP contribution in [0.5, 0.6) is 0 Å². The van der Waals surface area contributed by atoms with Gasteiger partial charge in [0.15, 0.2) is 10.8 Å². The number of nitro benzene ring substituents is 1. The van der Waals surface area contributed by atoms with Crippen LogP contribution in [-0.4, -0.2) is 30.8 Å². The van der Waals surface area contributed by atoms with Crippen LogP contribution < -0.4 is 5.32 Å². The molecular formula is C23H22N6O3S. The Morgan fingerprint density at radius 1 is 1.15 bits per heavy atom. The summed E-state index contributed by atoms with van der Waals surface area (Å²) in [6.45, 7) is 7.63. The lowest BCUT2D eigenvalue weighted by atomic mass is 10.1. The number of anilines is 1. The van der Waals surface area contributed by atoms with Gasteiger partial charge in [-0.05, 0) is 50.5 Å². The number of nitro groups is 1. The highest BCUT2D eigenvalue weighted by molar-refractivity contribution is 7.15. The summed E-state index contributed by atoms with van der Waals surface area (Å²) >= 11 is 1.34. The molecule has 33 heavy (non-hydrogen) atoms. The van der Waals surface area contributed by atoms with Crippen molar-refractivity contribution in [3.8, 4) is 5.69 Å². The van der Waals surface area contributed by atoms with Crippen LogP contribution in [0, 0.1) is 37.8 Å². The average molecular weight is 463 g/mol. The van der Waals surface area contributed by atoms with Crippen molar-refractivity contribution in [2.24, 2.45) is 0 Å². The Morgan fingerprint density at radius 2 is 1.94 bits per heavy atom. The standard InChI is InChI=1S/C23H22N6O3S/c1-13-8-9-14(2)19(10-13)28-16(4)21(26-27-28)22(30)25-23-24-15(3)20(33-23)12-17-6-5-7-18(11-17)29(31)32/h5-11H,12H2,1-4H3,(H,24,25,30). The second kappa shape index (κ2) is 8.91. The summed E-state index contributed by atoms with van der Waals surface area (Å²) in [5, 5.41) is 22.6. The highest BCUT2D eigenvalue weighted by atomic mass is 32.1. The minimum Gasteiger partial charge on any atom is -0.296 e. The largest absolute Gasteiger partial charge is 0.296 e. The number of aromatic nitrogens is 4. The quantitative estimate of drug-likeness (QED) is 0.328. The second-order valence-electron chi connectivity index (χ2n) is 7.81. The Morgan fingerprint density at radius 3 is 2.70 bits per heavy atom. The summed E-state index contributed by atoms with van der Waals surface area (Å²) in [5.74, 6) is -0.389. The zero-order valence-electron chi connectivity index (χ0n) is 18.6. The fraction of sp³-hybridized carbons (Fsp3) is 0.217. The van der Waals surface area contributed by atoms with E-state index < -0.39 is 4.92 Å². The SMILES string of the molecule is Cc1ccc(C)c(-n2nnc(C(=O)Nc3nc(C)c(Cc4cccc([N+](=O)[O-])c4)s3)c2C)c1. The molecule has 0 saturated heterocycles. The lowest BCUT2D eigenvalue weighted by Crippen LogP contribution is -2.14. The molecule has 2 aromatic heterocycles. The van der Waals surface area contributed by atoms with E-state index in [0.717, 1.165) is 32.9 Å². The lowest BCUT2D eigenvalue weighted by Gasteiger charge is -2.08. The Bertz CT molecular complexity index is 1370. The Kier molecular flexibility index (Phi) is 6.01. The first kappa shape index (κ1) is 22.3. The number of hydrogen-bond acceptors (Lipinski definition) is 7. The monoisotopic (exact) mass is 462 g/mol. The molecule has 0 aliphatic rings. The van der Waals surface area contributed by atoms with Gasteiger partial charge in [-0.1, -0.05) is 29.5 Å². The first-order valence-electron chi connectivity index (χ1n) is 10.2. The van der Waals surface area contributed by atoms with E-state index >= 15 is 0 Å². The molecular weight excluding hydrogens is 440 g/mol. The molecule has 2 heterocycles. The van der Waals surface area contributed by atoms with Crippen LogP contribution >= 0.6 is 11.3 Å². The van der Waals surface area contributed by atoms with Gasteiger partial charge in [0, 0.05) is 23.4 Å². The molecule has 0 unspecified atom stereocenters. The molecule has 0 aliphatic carbocycles. The topological polar surface area (TPSA) is 116 Å². The number of nitrogens with one attached hydrogen (secondary N) is 1. The van der Waals surface area contributed by atoms with Gasteiger partial charge in [-0.15, -0.1) is 16.4 Å². The molecule has 168 valence electrons. The fourth-order valence-corrected chi connectivity index (χ4v) is 4.47. The maximum absolute atomic E-state index is 12.9. The normalized spacial score (nSPS) is 10.9. The van der Waals surface area contributed by atoms with Gasteiger partial charge in [0.2, 0.25) is 0 Å². The number of aryl methyl sites for hydroxylation is 3. The molecule has 4 rings (SSSR count). The maximum Gasteiger partial charge on any atom is 0.279 e. The van der Waals surface area contributed by atoms with E-state index in [2.05, 4.69) is 20.6 Å². The van der Waals surface area contributed by atoms with Crippen LogP contribution in [0.2, 0.25) is 0 Å². The molecule has 10 heteroatoms. The van der Waals surface area contributed by atoms with Gasteiger partial charge in [-0.3, -0.25) is 20.2 Å². The van der Waals surface area contributed by atoms with Crippen molar-refractivity contribution in [3.63, 3.8) is 0 Å². The van der Waals surface area contributed by atoms with Gasteiger partial charge in [-0.25, -0.2) is 9.67 Å². The third kappa shape index (κ3) is 4.65. The first-order valence-corrected chi connectivity index (χ1v) is 11.1. The molecule has 2 aromatic carbocycles. The summed E-state index contributed by atoms with van der Waals surface area (Å²) < 4.78 is 1.66. The number of carbonyl (C=O) groups excluding carboxylic acids is 1. The van der Waals surface area contributed by atoms with Crippen LogP contribution in [0.1, 0.15) is 43.4 Å². The number of nitrogens with zero attached hydrogens (tertiary/aromatic N) is 5. The molecule has 9 nitrogen and oxygen atoms in total. The van der Waals surface area contributed by atoms with Crippen LogP contribution in [-0.2, 0) is 6.42 Å². The van der Waals surface area contributed by atoms with Crippen molar-refractivity contribution >= 4 is 28.1 Å². The fourth-order valence-electron chi connectivity index (χ4n) is 3.48. The second-order valence-corrected chi connectivity index (χ2v) is 8.89. The van der Waals surface area contributed by atoms with Gasteiger partial charge in [0.05, 0.1) is 22.0 Å². The molecule has 1 amide bonds. The molecule has 0 spiro atoms. The van der Waals surface area contributed by atoms with Crippen molar-refractivity contribution in [2.45, 2.75) is 34.1 Å². The average Bonchev–Trinajstić information content (AvgIpc) is 3.32. The van der Waals surface area contributed by atoms with Gasteiger partial charge in [0.1, 0.15) is 0 Å². The summed E-state index contributed by atoms with van der Waals surface area (Å²) in [5.41, 5.74) is 5.47. The van der Waals surface area contributed by atoms with Crippen molar-refractivity contribution < 1.29 is 9.72 Å². The van der Waals surface area contributed by atoms with E-state index in [4.69, 9.17) is 0 Å².